The zero-order chi connectivity index (χ0) is 21.1. The lowest BCUT2D eigenvalue weighted by Gasteiger charge is -2.30. The molecule has 10 heteroatoms. The first-order valence-electron chi connectivity index (χ1n) is 9.59. The third-order valence-corrected chi connectivity index (χ3v) is 6.81. The molecule has 3 heterocycles. The van der Waals surface area contributed by atoms with Crippen LogP contribution in [0.2, 0.25) is 0 Å². The van der Waals surface area contributed by atoms with Crippen molar-refractivity contribution in [2.45, 2.75) is 24.7 Å². The van der Waals surface area contributed by atoms with Gasteiger partial charge in [0.2, 0.25) is 10.0 Å². The van der Waals surface area contributed by atoms with Crippen molar-refractivity contribution in [3.05, 3.63) is 54.4 Å². The number of benzene rings is 1. The maximum Gasteiger partial charge on any atom is 0.322 e. The number of carbonyl (C=O) groups is 1. The largest absolute Gasteiger partial charge is 0.403 e. The van der Waals surface area contributed by atoms with Gasteiger partial charge in [-0.25, -0.2) is 8.42 Å². The van der Waals surface area contributed by atoms with Crippen molar-refractivity contribution in [3.8, 4) is 11.5 Å². The van der Waals surface area contributed by atoms with Crippen LogP contribution in [0.5, 0.6) is 0 Å². The molecular weight excluding hydrogens is 406 g/mol. The van der Waals surface area contributed by atoms with Crippen LogP contribution in [-0.4, -0.2) is 46.9 Å². The standard InChI is InChI=1S/C20H21N5O4S/c1-14-4-3-11-25(13-14)30(27,28)17-8-6-15(7-9-17)18(26)22-20-24-23-19(29-20)16-5-2-10-21-12-16/h2,5-10,12,14H,3-4,11,13H2,1H3,(H,22,24,26). The summed E-state index contributed by atoms with van der Waals surface area (Å²) in [6.45, 7) is 3.08. The molecule has 3 aromatic rings. The molecule has 0 bridgehead atoms. The fourth-order valence-corrected chi connectivity index (χ4v) is 4.94. The SMILES string of the molecule is CC1CCCN(S(=O)(=O)c2ccc(C(=O)Nc3nnc(-c4cccnc4)o3)cc2)C1. The monoisotopic (exact) mass is 427 g/mol. The van der Waals surface area contributed by atoms with Crippen molar-refractivity contribution in [3.63, 3.8) is 0 Å². The van der Waals surface area contributed by atoms with E-state index < -0.39 is 15.9 Å². The topological polar surface area (TPSA) is 118 Å². The Morgan fingerprint density at radius 1 is 1.20 bits per heavy atom. The van der Waals surface area contributed by atoms with Crippen molar-refractivity contribution >= 4 is 21.9 Å². The summed E-state index contributed by atoms with van der Waals surface area (Å²) in [6, 6.07) is 9.25. The predicted molar refractivity (Wildman–Crippen MR) is 109 cm³/mol. The van der Waals surface area contributed by atoms with E-state index in [0.29, 0.717) is 24.6 Å². The van der Waals surface area contributed by atoms with Crippen LogP contribution in [0.4, 0.5) is 6.01 Å². The van der Waals surface area contributed by atoms with E-state index in [1.165, 1.54) is 28.6 Å². The summed E-state index contributed by atoms with van der Waals surface area (Å²) in [4.78, 5) is 16.6. The molecule has 4 rings (SSSR count). The number of hydrogen-bond acceptors (Lipinski definition) is 7. The number of nitrogens with one attached hydrogen (secondary N) is 1. The van der Waals surface area contributed by atoms with Crippen molar-refractivity contribution in [2.75, 3.05) is 18.4 Å². The lowest BCUT2D eigenvalue weighted by atomic mass is 10.0. The Labute approximate surface area is 174 Å². The minimum atomic E-state index is -3.57. The molecule has 1 atom stereocenters. The summed E-state index contributed by atoms with van der Waals surface area (Å²) < 4.78 is 32.6. The molecule has 1 aliphatic rings. The number of sulfonamides is 1. The third kappa shape index (κ3) is 4.24. The summed E-state index contributed by atoms with van der Waals surface area (Å²) in [5, 5.41) is 10.2. The number of anilines is 1. The van der Waals surface area contributed by atoms with E-state index in [4.69, 9.17) is 4.42 Å². The Kier molecular flexibility index (Phi) is 5.60. The lowest BCUT2D eigenvalue weighted by Crippen LogP contribution is -2.39. The van der Waals surface area contributed by atoms with Gasteiger partial charge in [-0.2, -0.15) is 4.31 Å². The number of hydrogen-bond donors (Lipinski definition) is 1. The number of amides is 1. The minimum Gasteiger partial charge on any atom is -0.403 e. The maximum atomic E-state index is 12.8. The first-order valence-corrected chi connectivity index (χ1v) is 11.0. The molecule has 0 aliphatic carbocycles. The highest BCUT2D eigenvalue weighted by molar-refractivity contribution is 7.89. The Morgan fingerprint density at radius 2 is 2.00 bits per heavy atom. The van der Waals surface area contributed by atoms with Crippen LogP contribution >= 0.6 is 0 Å². The van der Waals surface area contributed by atoms with Crippen molar-refractivity contribution in [2.24, 2.45) is 5.92 Å². The Hall–Kier alpha value is -3.11. The molecule has 0 saturated carbocycles. The van der Waals surface area contributed by atoms with Crippen LogP contribution < -0.4 is 5.32 Å². The van der Waals surface area contributed by atoms with E-state index in [0.717, 1.165) is 12.8 Å². The van der Waals surface area contributed by atoms with Crippen LogP contribution in [0.25, 0.3) is 11.5 Å². The van der Waals surface area contributed by atoms with Crippen LogP contribution in [0.3, 0.4) is 0 Å². The van der Waals surface area contributed by atoms with Gasteiger partial charge in [0.05, 0.1) is 10.5 Å². The van der Waals surface area contributed by atoms with E-state index >= 15 is 0 Å². The van der Waals surface area contributed by atoms with Gasteiger partial charge in [0, 0.05) is 31.0 Å². The molecule has 1 N–H and O–H groups in total. The number of rotatable bonds is 5. The van der Waals surface area contributed by atoms with Gasteiger partial charge < -0.3 is 4.42 Å². The molecular formula is C20H21N5O4S. The summed E-state index contributed by atoms with van der Waals surface area (Å²) in [5.74, 6) is 0.0899. The second-order valence-corrected chi connectivity index (χ2v) is 9.18. The van der Waals surface area contributed by atoms with Crippen LogP contribution in [-0.2, 0) is 10.0 Å². The normalized spacial score (nSPS) is 17.6. The molecule has 1 fully saturated rings. The Bertz CT molecular complexity index is 1130. The van der Waals surface area contributed by atoms with E-state index in [-0.39, 0.29) is 22.4 Å². The summed E-state index contributed by atoms with van der Waals surface area (Å²) in [7, 11) is -3.57. The maximum absolute atomic E-state index is 12.8. The number of pyridine rings is 1. The fraction of sp³-hybridized carbons (Fsp3) is 0.300. The molecule has 0 radical (unpaired) electrons. The molecule has 1 amide bonds. The van der Waals surface area contributed by atoms with E-state index in [1.54, 1.807) is 24.5 Å². The molecule has 1 aliphatic heterocycles. The smallest absolute Gasteiger partial charge is 0.322 e. The first kappa shape index (κ1) is 20.2. The zero-order valence-electron chi connectivity index (χ0n) is 16.4. The predicted octanol–water partition coefficient (Wildman–Crippen LogP) is 2.80. The number of carbonyl (C=O) groups excluding carboxylic acids is 1. The average molecular weight is 427 g/mol. The van der Waals surface area contributed by atoms with Gasteiger partial charge in [0.25, 0.3) is 11.8 Å². The first-order chi connectivity index (χ1) is 14.4. The van der Waals surface area contributed by atoms with E-state index in [1.807, 2.05) is 6.92 Å². The molecule has 9 nitrogen and oxygen atoms in total. The van der Waals surface area contributed by atoms with Gasteiger partial charge in [-0.1, -0.05) is 12.0 Å². The summed E-state index contributed by atoms with van der Waals surface area (Å²) in [6.07, 6.45) is 5.08. The molecule has 2 aromatic heterocycles. The van der Waals surface area contributed by atoms with Gasteiger partial charge in [-0.3, -0.25) is 15.1 Å². The number of piperidine rings is 1. The van der Waals surface area contributed by atoms with E-state index in [9.17, 15) is 13.2 Å². The van der Waals surface area contributed by atoms with Crippen molar-refractivity contribution < 1.29 is 17.6 Å². The Morgan fingerprint density at radius 3 is 2.70 bits per heavy atom. The van der Waals surface area contributed by atoms with Gasteiger partial charge in [0.15, 0.2) is 0 Å². The van der Waals surface area contributed by atoms with E-state index in [2.05, 4.69) is 20.5 Å². The molecule has 1 saturated heterocycles. The van der Waals surface area contributed by atoms with Crippen molar-refractivity contribution in [1.29, 1.82) is 0 Å². The highest BCUT2D eigenvalue weighted by atomic mass is 32.2. The molecule has 30 heavy (non-hydrogen) atoms. The van der Waals surface area contributed by atoms with Gasteiger partial charge in [-0.05, 0) is 55.2 Å². The van der Waals surface area contributed by atoms with Crippen LogP contribution in [0.1, 0.15) is 30.1 Å². The van der Waals surface area contributed by atoms with Gasteiger partial charge in [-0.15, -0.1) is 5.10 Å². The Balaban J connectivity index is 1.45. The molecule has 1 unspecified atom stereocenters. The molecule has 1 aromatic carbocycles. The lowest BCUT2D eigenvalue weighted by molar-refractivity contribution is 0.102. The van der Waals surface area contributed by atoms with Crippen molar-refractivity contribution in [1.82, 2.24) is 19.5 Å². The molecule has 156 valence electrons. The van der Waals surface area contributed by atoms with Crippen LogP contribution in [0.15, 0.2) is 58.1 Å². The molecule has 0 spiro atoms. The second kappa shape index (κ2) is 8.33. The zero-order valence-corrected chi connectivity index (χ0v) is 17.2. The quantitative estimate of drug-likeness (QED) is 0.665. The highest BCUT2D eigenvalue weighted by Gasteiger charge is 2.28. The number of aromatic nitrogens is 3. The number of nitrogens with zero attached hydrogens (tertiary/aromatic N) is 4. The van der Waals surface area contributed by atoms with Gasteiger partial charge >= 0.3 is 6.01 Å². The average Bonchev–Trinajstić information content (AvgIpc) is 3.23. The minimum absolute atomic E-state index is 0.0575. The van der Waals surface area contributed by atoms with Crippen LogP contribution in [0, 0.1) is 5.92 Å². The fourth-order valence-electron chi connectivity index (χ4n) is 3.34. The second-order valence-electron chi connectivity index (χ2n) is 7.24. The van der Waals surface area contributed by atoms with Gasteiger partial charge in [0.1, 0.15) is 0 Å². The highest BCUT2D eigenvalue weighted by Crippen LogP contribution is 2.24. The third-order valence-electron chi connectivity index (χ3n) is 4.93. The summed E-state index contributed by atoms with van der Waals surface area (Å²) in [5.41, 5.74) is 0.911. The summed E-state index contributed by atoms with van der Waals surface area (Å²) >= 11 is 0.